The van der Waals surface area contributed by atoms with Gasteiger partial charge in [0.1, 0.15) is 5.82 Å². The van der Waals surface area contributed by atoms with Crippen LogP contribution in [0, 0.1) is 40.7 Å². The van der Waals surface area contributed by atoms with Gasteiger partial charge in [0.15, 0.2) is 41.2 Å². The van der Waals surface area contributed by atoms with E-state index in [1.54, 1.807) is 0 Å². The van der Waals surface area contributed by atoms with Gasteiger partial charge < -0.3 is 0 Å². The maximum Gasteiger partial charge on any atom is 0.198 e. The van der Waals surface area contributed by atoms with E-state index < -0.39 is 63.3 Å². The second-order valence-electron chi connectivity index (χ2n) is 3.48. The first kappa shape index (κ1) is 13.3. The molecule has 0 N–H and O–H groups in total. The van der Waals surface area contributed by atoms with Gasteiger partial charge in [0.25, 0.3) is 0 Å². The number of rotatable bonds is 1. The monoisotopic (exact) mass is 282 g/mol. The van der Waals surface area contributed by atoms with Crippen molar-refractivity contribution >= 4 is 17.1 Å². The third-order valence-electron chi connectivity index (χ3n) is 2.49. The van der Waals surface area contributed by atoms with Crippen LogP contribution in [0.25, 0.3) is 10.8 Å². The lowest BCUT2D eigenvalue weighted by Crippen LogP contribution is -2.07. The quantitative estimate of drug-likeness (QED) is 0.338. The van der Waals surface area contributed by atoms with E-state index in [0.717, 1.165) is 0 Å². The summed E-state index contributed by atoms with van der Waals surface area (Å²) in [4.78, 5) is 10.4. The zero-order valence-electron chi connectivity index (χ0n) is 8.63. The van der Waals surface area contributed by atoms with E-state index in [-0.39, 0.29) is 0 Å². The molecule has 0 aliphatic heterocycles. The predicted molar refractivity (Wildman–Crippen MR) is 49.0 cm³/mol. The van der Waals surface area contributed by atoms with E-state index in [0.29, 0.717) is 0 Å². The fraction of sp³-hybridized carbons (Fsp3) is 0. The molecular formula is C11HF7O. The maximum absolute atomic E-state index is 13.5. The molecule has 0 bridgehead atoms. The average Bonchev–Trinajstić information content (AvgIpc) is 2.38. The van der Waals surface area contributed by atoms with Crippen molar-refractivity contribution < 1.29 is 35.5 Å². The minimum atomic E-state index is -2.42. The molecule has 0 radical (unpaired) electrons. The summed E-state index contributed by atoms with van der Waals surface area (Å²) < 4.78 is 92.4. The summed E-state index contributed by atoms with van der Waals surface area (Å²) in [6.45, 7) is 0. The number of carbonyl (C=O) groups excluding carboxylic acids is 1. The Hall–Kier alpha value is -2.12. The molecule has 0 spiro atoms. The van der Waals surface area contributed by atoms with Crippen molar-refractivity contribution in [2.24, 2.45) is 0 Å². The van der Waals surface area contributed by atoms with Crippen LogP contribution in [0.1, 0.15) is 10.4 Å². The Labute approximate surface area is 99.8 Å². The van der Waals surface area contributed by atoms with Gasteiger partial charge in [0, 0.05) is 0 Å². The molecule has 19 heavy (non-hydrogen) atoms. The molecule has 100 valence electrons. The standard InChI is InChI=1S/C11HF7O/c12-5-2(1-19)6(13)7(14)4-3(5)8(15)10(17)11(18)9(4)16/h1H. The van der Waals surface area contributed by atoms with Crippen molar-refractivity contribution in [2.75, 3.05) is 0 Å². The highest BCUT2D eigenvalue weighted by atomic mass is 19.2. The Kier molecular flexibility index (Phi) is 2.95. The van der Waals surface area contributed by atoms with E-state index in [1.807, 2.05) is 0 Å². The molecule has 0 fully saturated rings. The molecule has 0 heterocycles. The second kappa shape index (κ2) is 4.22. The Morgan fingerprint density at radius 3 is 1.32 bits per heavy atom. The molecule has 0 saturated heterocycles. The fourth-order valence-corrected chi connectivity index (χ4v) is 1.61. The van der Waals surface area contributed by atoms with Crippen LogP contribution >= 0.6 is 0 Å². The summed E-state index contributed by atoms with van der Waals surface area (Å²) in [6, 6.07) is 0. The van der Waals surface area contributed by atoms with Gasteiger partial charge in [0.05, 0.1) is 16.3 Å². The fourth-order valence-electron chi connectivity index (χ4n) is 1.61. The van der Waals surface area contributed by atoms with Gasteiger partial charge in [0.2, 0.25) is 0 Å². The van der Waals surface area contributed by atoms with Crippen LogP contribution in [0.3, 0.4) is 0 Å². The number of aldehydes is 1. The van der Waals surface area contributed by atoms with Crippen LogP contribution in [-0.2, 0) is 0 Å². The highest BCUT2D eigenvalue weighted by Crippen LogP contribution is 2.33. The van der Waals surface area contributed by atoms with E-state index in [2.05, 4.69) is 0 Å². The van der Waals surface area contributed by atoms with Crippen LogP contribution in [0.5, 0.6) is 0 Å². The van der Waals surface area contributed by atoms with Crippen molar-refractivity contribution in [1.29, 1.82) is 0 Å². The van der Waals surface area contributed by atoms with Gasteiger partial charge in [-0.25, -0.2) is 30.7 Å². The van der Waals surface area contributed by atoms with Crippen molar-refractivity contribution in [3.05, 3.63) is 46.3 Å². The molecular weight excluding hydrogens is 281 g/mol. The van der Waals surface area contributed by atoms with Gasteiger partial charge >= 0.3 is 0 Å². The molecule has 8 heteroatoms. The Morgan fingerprint density at radius 1 is 0.526 bits per heavy atom. The van der Waals surface area contributed by atoms with Crippen molar-refractivity contribution in [2.45, 2.75) is 0 Å². The number of hydrogen-bond acceptors (Lipinski definition) is 1. The van der Waals surface area contributed by atoms with Crippen molar-refractivity contribution in [3.8, 4) is 0 Å². The Balaban J connectivity index is 3.22. The molecule has 2 aromatic rings. The van der Waals surface area contributed by atoms with Gasteiger partial charge in [-0.1, -0.05) is 0 Å². The highest BCUT2D eigenvalue weighted by molar-refractivity contribution is 5.91. The first-order valence-corrected chi connectivity index (χ1v) is 4.60. The predicted octanol–water partition coefficient (Wildman–Crippen LogP) is 3.63. The van der Waals surface area contributed by atoms with E-state index in [9.17, 15) is 35.5 Å². The summed E-state index contributed by atoms with van der Waals surface area (Å²) in [6.07, 6.45) is -0.494. The van der Waals surface area contributed by atoms with Gasteiger partial charge in [-0.2, -0.15) is 0 Å². The van der Waals surface area contributed by atoms with Crippen molar-refractivity contribution in [3.63, 3.8) is 0 Å². The summed E-state index contributed by atoms with van der Waals surface area (Å²) >= 11 is 0. The second-order valence-corrected chi connectivity index (χ2v) is 3.48. The molecule has 1 nitrogen and oxygen atoms in total. The van der Waals surface area contributed by atoms with E-state index >= 15 is 0 Å². The lowest BCUT2D eigenvalue weighted by atomic mass is 10.0. The van der Waals surface area contributed by atoms with Crippen LogP contribution < -0.4 is 0 Å². The van der Waals surface area contributed by atoms with Gasteiger partial charge in [-0.3, -0.25) is 4.79 Å². The zero-order chi connectivity index (χ0) is 14.5. The summed E-state index contributed by atoms with van der Waals surface area (Å²) in [5.41, 5.74) is -1.55. The smallest absolute Gasteiger partial charge is 0.198 e. The number of benzene rings is 2. The van der Waals surface area contributed by atoms with Crippen LogP contribution in [0.2, 0.25) is 0 Å². The number of hydrogen-bond donors (Lipinski definition) is 0. The Bertz CT molecular complexity index is 724. The van der Waals surface area contributed by atoms with Crippen molar-refractivity contribution in [1.82, 2.24) is 0 Å². The highest BCUT2D eigenvalue weighted by Gasteiger charge is 2.30. The van der Waals surface area contributed by atoms with E-state index in [1.165, 1.54) is 0 Å². The van der Waals surface area contributed by atoms with Crippen LogP contribution in [0.4, 0.5) is 30.7 Å². The SMILES string of the molecule is O=Cc1c(F)c(F)c2c(F)c(F)c(F)c(F)c2c1F. The minimum absolute atomic E-state index is 0.494. The minimum Gasteiger partial charge on any atom is -0.298 e. The molecule has 0 unspecified atom stereocenters. The molecule has 0 atom stereocenters. The van der Waals surface area contributed by atoms with Crippen LogP contribution in [-0.4, -0.2) is 6.29 Å². The molecule has 0 aliphatic rings. The first-order chi connectivity index (χ1) is 8.82. The number of halogens is 7. The lowest BCUT2D eigenvalue weighted by Gasteiger charge is -2.09. The summed E-state index contributed by atoms with van der Waals surface area (Å²) in [7, 11) is 0. The normalized spacial score (nSPS) is 11.1. The lowest BCUT2D eigenvalue weighted by molar-refractivity contribution is 0.111. The number of fused-ring (bicyclic) bond motifs is 1. The summed E-state index contributed by atoms with van der Waals surface area (Å²) in [5.74, 6) is -15.7. The molecule has 2 rings (SSSR count). The van der Waals surface area contributed by atoms with Gasteiger partial charge in [-0.15, -0.1) is 0 Å². The Morgan fingerprint density at radius 2 is 0.895 bits per heavy atom. The third-order valence-corrected chi connectivity index (χ3v) is 2.49. The maximum atomic E-state index is 13.5. The van der Waals surface area contributed by atoms with Gasteiger partial charge in [-0.05, 0) is 0 Å². The average molecular weight is 282 g/mol. The van der Waals surface area contributed by atoms with E-state index in [4.69, 9.17) is 0 Å². The molecule has 0 aliphatic carbocycles. The first-order valence-electron chi connectivity index (χ1n) is 4.60. The number of carbonyl (C=O) groups is 1. The topological polar surface area (TPSA) is 17.1 Å². The zero-order valence-corrected chi connectivity index (χ0v) is 8.63. The molecule has 0 aromatic heterocycles. The largest absolute Gasteiger partial charge is 0.298 e. The summed E-state index contributed by atoms with van der Waals surface area (Å²) in [5, 5.41) is -3.41. The third kappa shape index (κ3) is 1.59. The molecule has 0 saturated carbocycles. The molecule has 0 amide bonds. The molecule has 2 aromatic carbocycles. The van der Waals surface area contributed by atoms with Crippen LogP contribution in [0.15, 0.2) is 0 Å².